The molecule has 3 rings (SSSR count). The Balaban J connectivity index is 1.96. The Bertz CT molecular complexity index is 944. The molecule has 0 aliphatic carbocycles. The van der Waals surface area contributed by atoms with E-state index in [-0.39, 0.29) is 11.5 Å². The first-order valence-electron chi connectivity index (χ1n) is 7.47. The van der Waals surface area contributed by atoms with E-state index < -0.39 is 5.91 Å². The number of rotatable bonds is 3. The van der Waals surface area contributed by atoms with Crippen molar-refractivity contribution in [1.29, 1.82) is 0 Å². The smallest absolute Gasteiger partial charge is 0.292 e. The first kappa shape index (κ1) is 15.9. The lowest BCUT2D eigenvalue weighted by Crippen LogP contribution is -2.14. The van der Waals surface area contributed by atoms with Crippen LogP contribution >= 0.6 is 0 Å². The number of para-hydroxylation sites is 1. The van der Waals surface area contributed by atoms with Gasteiger partial charge in [-0.05, 0) is 44.0 Å². The van der Waals surface area contributed by atoms with E-state index in [4.69, 9.17) is 9.15 Å². The minimum atomic E-state index is -0.409. The zero-order chi connectivity index (χ0) is 17.4. The maximum atomic E-state index is 12.5. The predicted molar refractivity (Wildman–Crippen MR) is 90.8 cm³/mol. The van der Waals surface area contributed by atoms with Crippen molar-refractivity contribution in [2.75, 3.05) is 12.4 Å². The van der Waals surface area contributed by atoms with Gasteiger partial charge in [-0.3, -0.25) is 4.79 Å². The summed E-state index contributed by atoms with van der Waals surface area (Å²) in [4.78, 5) is 16.7. The van der Waals surface area contributed by atoms with E-state index in [1.807, 2.05) is 12.1 Å². The fourth-order valence-corrected chi connectivity index (χ4v) is 2.53. The number of anilines is 1. The lowest BCUT2D eigenvalue weighted by atomic mass is 10.1. The van der Waals surface area contributed by atoms with Gasteiger partial charge in [0, 0.05) is 5.39 Å². The summed E-state index contributed by atoms with van der Waals surface area (Å²) in [6, 6.07) is 7.10. The molecule has 0 fully saturated rings. The monoisotopic (exact) mass is 326 g/mol. The molecular weight excluding hydrogens is 308 g/mol. The van der Waals surface area contributed by atoms with Gasteiger partial charge in [-0.25, -0.2) is 4.98 Å². The zero-order valence-corrected chi connectivity index (χ0v) is 13.9. The largest absolute Gasteiger partial charge is 0.506 e. The van der Waals surface area contributed by atoms with E-state index >= 15 is 0 Å². The second-order valence-electron chi connectivity index (χ2n) is 5.59. The van der Waals surface area contributed by atoms with Crippen LogP contribution < -0.4 is 10.1 Å². The van der Waals surface area contributed by atoms with E-state index in [0.29, 0.717) is 34.0 Å². The standard InChI is InChI=1S/C18H18N2O4/c1-9-10(2)17(19-11(3)15(9)21)20-18(22)14-8-12-6-5-7-13(23-4)16(12)24-14/h5-8,21H,1-4H3,(H,19,20,22). The summed E-state index contributed by atoms with van der Waals surface area (Å²) in [5.74, 6) is 0.865. The maximum Gasteiger partial charge on any atom is 0.292 e. The molecule has 0 bridgehead atoms. The molecule has 0 saturated heterocycles. The van der Waals surface area contributed by atoms with Crippen LogP contribution in [-0.4, -0.2) is 23.1 Å². The van der Waals surface area contributed by atoms with Crippen molar-refractivity contribution in [2.45, 2.75) is 20.8 Å². The molecule has 6 heteroatoms. The van der Waals surface area contributed by atoms with E-state index in [1.54, 1.807) is 40.0 Å². The minimum Gasteiger partial charge on any atom is -0.506 e. The highest BCUT2D eigenvalue weighted by molar-refractivity contribution is 6.05. The van der Waals surface area contributed by atoms with Crippen molar-refractivity contribution in [3.05, 3.63) is 46.8 Å². The number of aryl methyl sites for hydroxylation is 1. The third-order valence-electron chi connectivity index (χ3n) is 4.08. The number of benzene rings is 1. The van der Waals surface area contributed by atoms with E-state index in [2.05, 4.69) is 10.3 Å². The number of hydrogen-bond acceptors (Lipinski definition) is 5. The number of aromatic nitrogens is 1. The van der Waals surface area contributed by atoms with Crippen LogP contribution in [-0.2, 0) is 0 Å². The molecule has 6 nitrogen and oxygen atoms in total. The first-order chi connectivity index (χ1) is 11.4. The topological polar surface area (TPSA) is 84.6 Å². The summed E-state index contributed by atoms with van der Waals surface area (Å²) in [5.41, 5.74) is 2.37. The molecule has 2 N–H and O–H groups in total. The van der Waals surface area contributed by atoms with Gasteiger partial charge in [0.25, 0.3) is 5.91 Å². The molecule has 1 aromatic carbocycles. The summed E-state index contributed by atoms with van der Waals surface area (Å²) in [6.45, 7) is 5.25. The number of hydrogen-bond donors (Lipinski definition) is 2. The van der Waals surface area contributed by atoms with E-state index in [9.17, 15) is 9.90 Å². The van der Waals surface area contributed by atoms with Gasteiger partial charge in [0.15, 0.2) is 17.1 Å². The fourth-order valence-electron chi connectivity index (χ4n) is 2.53. The number of aromatic hydroxyl groups is 1. The second kappa shape index (κ2) is 5.88. The lowest BCUT2D eigenvalue weighted by molar-refractivity contribution is 0.0998. The van der Waals surface area contributed by atoms with Crippen LogP contribution in [0.15, 0.2) is 28.7 Å². The number of pyridine rings is 1. The van der Waals surface area contributed by atoms with Gasteiger partial charge in [0.1, 0.15) is 11.6 Å². The third-order valence-corrected chi connectivity index (χ3v) is 4.08. The molecule has 0 spiro atoms. The Morgan fingerprint density at radius 3 is 2.71 bits per heavy atom. The first-order valence-corrected chi connectivity index (χ1v) is 7.47. The average Bonchev–Trinajstić information content (AvgIpc) is 3.02. The molecule has 0 atom stereocenters. The molecule has 24 heavy (non-hydrogen) atoms. The number of nitrogens with one attached hydrogen (secondary N) is 1. The number of amides is 1. The normalized spacial score (nSPS) is 10.8. The Kier molecular flexibility index (Phi) is 3.89. The number of ether oxygens (including phenoxy) is 1. The highest BCUT2D eigenvalue weighted by Crippen LogP contribution is 2.30. The Morgan fingerprint density at radius 1 is 1.25 bits per heavy atom. The van der Waals surface area contributed by atoms with Crippen molar-refractivity contribution >= 4 is 22.7 Å². The van der Waals surface area contributed by atoms with Crippen molar-refractivity contribution < 1.29 is 19.1 Å². The summed E-state index contributed by atoms with van der Waals surface area (Å²) >= 11 is 0. The quantitative estimate of drug-likeness (QED) is 0.766. The molecule has 1 amide bonds. The zero-order valence-electron chi connectivity index (χ0n) is 13.9. The van der Waals surface area contributed by atoms with E-state index in [1.165, 1.54) is 0 Å². The molecule has 0 saturated carbocycles. The van der Waals surface area contributed by atoms with Crippen molar-refractivity contribution in [1.82, 2.24) is 4.98 Å². The van der Waals surface area contributed by atoms with Crippen molar-refractivity contribution in [3.8, 4) is 11.5 Å². The number of methoxy groups -OCH3 is 1. The summed E-state index contributed by atoms with van der Waals surface area (Å²) < 4.78 is 10.9. The molecule has 2 heterocycles. The molecule has 3 aromatic rings. The lowest BCUT2D eigenvalue weighted by Gasteiger charge is -2.12. The molecule has 0 unspecified atom stereocenters. The van der Waals surface area contributed by atoms with Gasteiger partial charge >= 0.3 is 0 Å². The minimum absolute atomic E-state index is 0.138. The van der Waals surface area contributed by atoms with Crippen molar-refractivity contribution in [2.24, 2.45) is 0 Å². The van der Waals surface area contributed by atoms with Gasteiger partial charge in [-0.2, -0.15) is 0 Å². The molecule has 0 aliphatic rings. The molecule has 0 aliphatic heterocycles. The van der Waals surface area contributed by atoms with Crippen LogP contribution in [0.1, 0.15) is 27.4 Å². The van der Waals surface area contributed by atoms with Gasteiger partial charge in [-0.1, -0.05) is 12.1 Å². The van der Waals surface area contributed by atoms with Crippen LogP contribution in [0.25, 0.3) is 11.0 Å². The van der Waals surface area contributed by atoms with E-state index in [0.717, 1.165) is 5.39 Å². The summed E-state index contributed by atoms with van der Waals surface area (Å²) in [5, 5.41) is 13.4. The van der Waals surface area contributed by atoms with Crippen LogP contribution in [0.2, 0.25) is 0 Å². The third kappa shape index (κ3) is 2.56. The summed E-state index contributed by atoms with van der Waals surface area (Å²) in [7, 11) is 1.55. The van der Waals surface area contributed by atoms with Crippen LogP contribution in [0.5, 0.6) is 11.5 Å². The Morgan fingerprint density at radius 2 is 2.00 bits per heavy atom. The number of carbonyl (C=O) groups excluding carboxylic acids is 1. The average molecular weight is 326 g/mol. The SMILES string of the molecule is COc1cccc2cc(C(=O)Nc3nc(C)c(O)c(C)c3C)oc12. The van der Waals surface area contributed by atoms with Gasteiger partial charge in [-0.15, -0.1) is 0 Å². The number of furan rings is 1. The van der Waals surface area contributed by atoms with Crippen LogP contribution in [0, 0.1) is 20.8 Å². The van der Waals surface area contributed by atoms with Gasteiger partial charge in [0.05, 0.1) is 12.8 Å². The highest BCUT2D eigenvalue weighted by atomic mass is 16.5. The number of carbonyl (C=O) groups is 1. The molecule has 124 valence electrons. The highest BCUT2D eigenvalue weighted by Gasteiger charge is 2.18. The molecular formula is C18H18N2O4. The summed E-state index contributed by atoms with van der Waals surface area (Å²) in [6.07, 6.45) is 0. The Labute approximate surface area is 139 Å². The predicted octanol–water partition coefficient (Wildman–Crippen LogP) is 3.72. The molecule has 2 aromatic heterocycles. The number of nitrogens with zero attached hydrogens (tertiary/aromatic N) is 1. The fraction of sp³-hybridized carbons (Fsp3) is 0.222. The van der Waals surface area contributed by atoms with Crippen LogP contribution in [0.3, 0.4) is 0 Å². The maximum absolute atomic E-state index is 12.5. The van der Waals surface area contributed by atoms with Gasteiger partial charge in [0.2, 0.25) is 0 Å². The van der Waals surface area contributed by atoms with Crippen molar-refractivity contribution in [3.63, 3.8) is 0 Å². The Hall–Kier alpha value is -3.02. The molecule has 0 radical (unpaired) electrons. The number of fused-ring (bicyclic) bond motifs is 1. The van der Waals surface area contributed by atoms with Crippen LogP contribution in [0.4, 0.5) is 5.82 Å². The second-order valence-corrected chi connectivity index (χ2v) is 5.59. The van der Waals surface area contributed by atoms with Gasteiger partial charge < -0.3 is 19.6 Å².